The van der Waals surface area contributed by atoms with Gasteiger partial charge in [-0.1, -0.05) is 0 Å². The van der Waals surface area contributed by atoms with Gasteiger partial charge in [0.05, 0.1) is 25.3 Å². The van der Waals surface area contributed by atoms with Gasteiger partial charge in [-0.2, -0.15) is 10.5 Å². The van der Waals surface area contributed by atoms with Crippen LogP contribution in [0, 0.1) is 22.7 Å². The summed E-state index contributed by atoms with van der Waals surface area (Å²) in [5.74, 6) is 0. The molecular formula is C7H11N3O2. The summed E-state index contributed by atoms with van der Waals surface area (Å²) in [7, 11) is 0. The van der Waals surface area contributed by atoms with Gasteiger partial charge in [0.25, 0.3) is 0 Å². The Morgan fingerprint density at radius 1 is 1.50 bits per heavy atom. The average Bonchev–Trinajstić information content (AvgIpc) is 2.05. The van der Waals surface area contributed by atoms with Crippen LogP contribution in [0.1, 0.15) is 6.92 Å². The Labute approximate surface area is 71.1 Å². The van der Waals surface area contributed by atoms with Gasteiger partial charge in [0.2, 0.25) is 0 Å². The third-order valence-electron chi connectivity index (χ3n) is 1.46. The van der Waals surface area contributed by atoms with Crippen LogP contribution in [0.15, 0.2) is 0 Å². The van der Waals surface area contributed by atoms with Gasteiger partial charge in [0.1, 0.15) is 12.3 Å². The highest BCUT2D eigenvalue weighted by atomic mass is 16.3. The second-order valence-corrected chi connectivity index (χ2v) is 2.29. The third-order valence-corrected chi connectivity index (χ3v) is 1.46. The van der Waals surface area contributed by atoms with Gasteiger partial charge < -0.3 is 10.2 Å². The van der Waals surface area contributed by atoms with Crippen LogP contribution in [0.4, 0.5) is 0 Å². The molecule has 0 aromatic carbocycles. The predicted molar refractivity (Wildman–Crippen MR) is 40.5 cm³/mol. The van der Waals surface area contributed by atoms with Crippen molar-refractivity contribution in [2.75, 3.05) is 13.2 Å². The zero-order chi connectivity index (χ0) is 9.56. The van der Waals surface area contributed by atoms with E-state index in [1.165, 1.54) is 11.8 Å². The Balaban J connectivity index is 4.30. The highest BCUT2D eigenvalue weighted by Gasteiger charge is 2.20. The molecule has 0 saturated carbocycles. The number of nitriles is 2. The molecular weight excluding hydrogens is 158 g/mol. The van der Waals surface area contributed by atoms with Crippen LogP contribution in [0.5, 0.6) is 0 Å². The minimum absolute atomic E-state index is 0.0730. The van der Waals surface area contributed by atoms with E-state index in [0.717, 1.165) is 0 Å². The fourth-order valence-corrected chi connectivity index (χ4v) is 0.804. The van der Waals surface area contributed by atoms with Gasteiger partial charge in [-0.3, -0.25) is 0 Å². The summed E-state index contributed by atoms with van der Waals surface area (Å²) in [5.41, 5.74) is 0. The van der Waals surface area contributed by atoms with Crippen molar-refractivity contribution < 1.29 is 10.2 Å². The van der Waals surface area contributed by atoms with Crippen LogP contribution < -0.4 is 0 Å². The van der Waals surface area contributed by atoms with E-state index in [2.05, 4.69) is 0 Å². The normalized spacial score (nSPS) is 14.8. The molecule has 0 aliphatic rings. The summed E-state index contributed by atoms with van der Waals surface area (Å²) in [5, 5.41) is 34.6. The Morgan fingerprint density at radius 2 is 2.08 bits per heavy atom. The highest BCUT2D eigenvalue weighted by Crippen LogP contribution is 2.01. The SMILES string of the molecule is CC(O)N(CC#N)C(C#N)CO. The number of aliphatic hydroxyl groups excluding tert-OH is 2. The van der Waals surface area contributed by atoms with Gasteiger partial charge in [0.15, 0.2) is 0 Å². The van der Waals surface area contributed by atoms with Crippen molar-refractivity contribution in [2.45, 2.75) is 19.2 Å². The summed E-state index contributed by atoms with van der Waals surface area (Å²) in [4.78, 5) is 1.21. The first-order valence-electron chi connectivity index (χ1n) is 3.48. The molecule has 12 heavy (non-hydrogen) atoms. The summed E-state index contributed by atoms with van der Waals surface area (Å²) in [6, 6.07) is 2.77. The lowest BCUT2D eigenvalue weighted by Gasteiger charge is -2.25. The lowest BCUT2D eigenvalue weighted by atomic mass is 10.3. The van der Waals surface area contributed by atoms with E-state index in [9.17, 15) is 0 Å². The Morgan fingerprint density at radius 3 is 2.33 bits per heavy atom. The zero-order valence-electron chi connectivity index (χ0n) is 6.80. The maximum atomic E-state index is 9.09. The summed E-state index contributed by atoms with van der Waals surface area (Å²) >= 11 is 0. The van der Waals surface area contributed by atoms with E-state index in [4.69, 9.17) is 20.7 Å². The van der Waals surface area contributed by atoms with Gasteiger partial charge >= 0.3 is 0 Å². The van der Waals surface area contributed by atoms with Gasteiger partial charge in [0, 0.05) is 0 Å². The Hall–Kier alpha value is -1.14. The second kappa shape index (κ2) is 5.50. The molecule has 2 N–H and O–H groups in total. The van der Waals surface area contributed by atoms with E-state index in [-0.39, 0.29) is 13.2 Å². The zero-order valence-corrected chi connectivity index (χ0v) is 6.80. The standard InChI is InChI=1S/C7H11N3O2/c1-6(12)10(3-2-8)7(4-9)5-11/h6-7,11-12H,3,5H2,1H3. The van der Waals surface area contributed by atoms with E-state index in [1.807, 2.05) is 0 Å². The van der Waals surface area contributed by atoms with Crippen molar-refractivity contribution >= 4 is 0 Å². The third kappa shape index (κ3) is 2.85. The minimum Gasteiger partial charge on any atom is -0.394 e. The molecule has 0 spiro atoms. The molecule has 0 aliphatic heterocycles. The number of hydrogen-bond donors (Lipinski definition) is 2. The molecule has 0 aliphatic carbocycles. The second-order valence-electron chi connectivity index (χ2n) is 2.29. The number of nitrogens with zero attached hydrogens (tertiary/aromatic N) is 3. The highest BCUT2D eigenvalue weighted by molar-refractivity contribution is 4.94. The van der Waals surface area contributed by atoms with Crippen molar-refractivity contribution in [3.63, 3.8) is 0 Å². The molecule has 0 radical (unpaired) electrons. The van der Waals surface area contributed by atoms with Crippen molar-refractivity contribution in [2.24, 2.45) is 0 Å². The maximum absolute atomic E-state index is 9.09. The molecule has 0 aromatic rings. The predicted octanol–water partition coefficient (Wildman–Crippen LogP) is -0.965. The monoisotopic (exact) mass is 169 g/mol. The quantitative estimate of drug-likeness (QED) is 0.417. The molecule has 2 atom stereocenters. The Bertz CT molecular complexity index is 204. The van der Waals surface area contributed by atoms with Crippen LogP contribution in [-0.2, 0) is 0 Å². The lowest BCUT2D eigenvalue weighted by molar-refractivity contribution is -0.00182. The number of rotatable bonds is 4. The van der Waals surface area contributed by atoms with Crippen molar-refractivity contribution in [3.8, 4) is 12.1 Å². The first kappa shape index (κ1) is 10.9. The Kier molecular flexibility index (Phi) is 4.98. The minimum atomic E-state index is -0.901. The van der Waals surface area contributed by atoms with E-state index in [0.29, 0.717) is 0 Å². The average molecular weight is 169 g/mol. The molecule has 2 unspecified atom stereocenters. The first-order chi connectivity index (χ1) is 5.67. The van der Waals surface area contributed by atoms with Crippen LogP contribution in [0.3, 0.4) is 0 Å². The fourth-order valence-electron chi connectivity index (χ4n) is 0.804. The molecule has 0 aromatic heterocycles. The van der Waals surface area contributed by atoms with E-state index in [1.54, 1.807) is 12.1 Å². The van der Waals surface area contributed by atoms with E-state index >= 15 is 0 Å². The molecule has 5 heteroatoms. The number of hydrogen-bond acceptors (Lipinski definition) is 5. The first-order valence-corrected chi connectivity index (χ1v) is 3.48. The lowest BCUT2D eigenvalue weighted by Crippen LogP contribution is -2.43. The smallest absolute Gasteiger partial charge is 0.124 e. The molecule has 0 fully saturated rings. The summed E-state index contributed by atoms with van der Waals surface area (Å²) < 4.78 is 0. The molecule has 5 nitrogen and oxygen atoms in total. The molecule has 0 heterocycles. The molecule has 0 saturated heterocycles. The van der Waals surface area contributed by atoms with Crippen molar-refractivity contribution in [3.05, 3.63) is 0 Å². The van der Waals surface area contributed by atoms with Crippen molar-refractivity contribution in [1.29, 1.82) is 10.5 Å². The van der Waals surface area contributed by atoms with Gasteiger partial charge in [-0.15, -0.1) is 0 Å². The topological polar surface area (TPSA) is 91.3 Å². The largest absolute Gasteiger partial charge is 0.394 e. The molecule has 0 amide bonds. The van der Waals surface area contributed by atoms with E-state index < -0.39 is 12.3 Å². The van der Waals surface area contributed by atoms with Crippen LogP contribution in [0.2, 0.25) is 0 Å². The fraction of sp³-hybridized carbons (Fsp3) is 0.714. The molecule has 0 rings (SSSR count). The molecule has 0 bridgehead atoms. The summed E-state index contributed by atoms with van der Waals surface area (Å²) in [6.45, 7) is 0.983. The summed E-state index contributed by atoms with van der Waals surface area (Å²) in [6.07, 6.45) is -0.901. The maximum Gasteiger partial charge on any atom is 0.124 e. The molecule has 66 valence electrons. The van der Waals surface area contributed by atoms with Crippen LogP contribution >= 0.6 is 0 Å². The van der Waals surface area contributed by atoms with Gasteiger partial charge in [-0.25, -0.2) is 4.90 Å². The van der Waals surface area contributed by atoms with Gasteiger partial charge in [-0.05, 0) is 6.92 Å². The van der Waals surface area contributed by atoms with Crippen LogP contribution in [0.25, 0.3) is 0 Å². The van der Waals surface area contributed by atoms with Crippen LogP contribution in [-0.4, -0.2) is 40.5 Å². The van der Waals surface area contributed by atoms with Crippen molar-refractivity contribution in [1.82, 2.24) is 4.90 Å². The number of aliphatic hydroxyl groups is 2.